The third kappa shape index (κ3) is 3.32. The second-order valence-corrected chi connectivity index (χ2v) is 6.25. The predicted octanol–water partition coefficient (Wildman–Crippen LogP) is 4.09. The van der Waals surface area contributed by atoms with Gasteiger partial charge in [0.1, 0.15) is 0 Å². The normalized spacial score (nSPS) is 16.5. The number of nitrogens with one attached hydrogen (secondary N) is 1. The van der Waals surface area contributed by atoms with Gasteiger partial charge in [-0.2, -0.15) is 0 Å². The highest BCUT2D eigenvalue weighted by Crippen LogP contribution is 2.39. The maximum absolute atomic E-state index is 3.69. The summed E-state index contributed by atoms with van der Waals surface area (Å²) in [4.78, 5) is 0. The molecule has 1 fully saturated rings. The topological polar surface area (TPSA) is 12.0 Å². The van der Waals surface area contributed by atoms with E-state index < -0.39 is 0 Å². The van der Waals surface area contributed by atoms with Crippen LogP contribution in [0.3, 0.4) is 0 Å². The SMILES string of the molecule is CC(C)c1ccc(CNC(C)(C)C2CC2)cc1. The van der Waals surface area contributed by atoms with Crippen LogP contribution in [0.15, 0.2) is 24.3 Å². The molecular formula is C16H25N. The molecular weight excluding hydrogens is 206 g/mol. The van der Waals surface area contributed by atoms with Gasteiger partial charge in [-0.15, -0.1) is 0 Å². The van der Waals surface area contributed by atoms with Gasteiger partial charge in [-0.1, -0.05) is 38.1 Å². The maximum atomic E-state index is 3.69. The molecule has 1 aromatic carbocycles. The fraction of sp³-hybridized carbons (Fsp3) is 0.625. The highest BCUT2D eigenvalue weighted by molar-refractivity contribution is 5.24. The second kappa shape index (κ2) is 4.81. The Hall–Kier alpha value is -0.820. The molecule has 1 nitrogen and oxygen atoms in total. The molecule has 1 aliphatic carbocycles. The summed E-state index contributed by atoms with van der Waals surface area (Å²) in [5, 5.41) is 3.69. The molecule has 0 radical (unpaired) electrons. The van der Waals surface area contributed by atoms with Crippen LogP contribution in [0.25, 0.3) is 0 Å². The second-order valence-electron chi connectivity index (χ2n) is 6.25. The van der Waals surface area contributed by atoms with E-state index >= 15 is 0 Å². The van der Waals surface area contributed by atoms with Gasteiger partial charge in [-0.05, 0) is 49.7 Å². The van der Waals surface area contributed by atoms with Crippen LogP contribution in [0.1, 0.15) is 57.6 Å². The Labute approximate surface area is 106 Å². The van der Waals surface area contributed by atoms with Crippen molar-refractivity contribution < 1.29 is 0 Å². The zero-order valence-electron chi connectivity index (χ0n) is 11.6. The summed E-state index contributed by atoms with van der Waals surface area (Å²) in [5.74, 6) is 1.51. The Morgan fingerprint density at radius 1 is 1.18 bits per heavy atom. The summed E-state index contributed by atoms with van der Waals surface area (Å²) in [5.41, 5.74) is 3.12. The average Bonchev–Trinajstić information content (AvgIpc) is 3.11. The third-order valence-corrected chi connectivity index (χ3v) is 3.99. The van der Waals surface area contributed by atoms with E-state index in [1.807, 2.05) is 0 Å². The first kappa shape index (κ1) is 12.6. The Morgan fingerprint density at radius 3 is 2.24 bits per heavy atom. The Bertz CT molecular complexity index is 358. The molecule has 1 aliphatic rings. The summed E-state index contributed by atoms with van der Waals surface area (Å²) in [7, 11) is 0. The van der Waals surface area contributed by atoms with E-state index in [0.29, 0.717) is 11.5 Å². The molecule has 1 aromatic rings. The minimum Gasteiger partial charge on any atom is -0.307 e. The molecule has 0 amide bonds. The smallest absolute Gasteiger partial charge is 0.0210 e. The molecule has 94 valence electrons. The summed E-state index contributed by atoms with van der Waals surface area (Å²) in [6.45, 7) is 10.1. The lowest BCUT2D eigenvalue weighted by atomic mass is 9.97. The summed E-state index contributed by atoms with van der Waals surface area (Å²) >= 11 is 0. The summed E-state index contributed by atoms with van der Waals surface area (Å²) in [6.07, 6.45) is 2.79. The quantitative estimate of drug-likeness (QED) is 0.805. The maximum Gasteiger partial charge on any atom is 0.0210 e. The fourth-order valence-corrected chi connectivity index (χ4v) is 2.30. The van der Waals surface area contributed by atoms with Crippen molar-refractivity contribution >= 4 is 0 Å². The van der Waals surface area contributed by atoms with Gasteiger partial charge >= 0.3 is 0 Å². The van der Waals surface area contributed by atoms with Gasteiger partial charge in [0, 0.05) is 12.1 Å². The van der Waals surface area contributed by atoms with Gasteiger partial charge in [0.2, 0.25) is 0 Å². The van der Waals surface area contributed by atoms with Crippen molar-refractivity contribution in [2.75, 3.05) is 0 Å². The van der Waals surface area contributed by atoms with Gasteiger partial charge in [-0.25, -0.2) is 0 Å². The first-order valence-corrected chi connectivity index (χ1v) is 6.83. The monoisotopic (exact) mass is 231 g/mol. The van der Waals surface area contributed by atoms with Gasteiger partial charge in [0.15, 0.2) is 0 Å². The number of rotatable bonds is 5. The van der Waals surface area contributed by atoms with E-state index in [2.05, 4.69) is 57.3 Å². The Balaban J connectivity index is 1.90. The molecule has 1 heteroatoms. The summed E-state index contributed by atoms with van der Waals surface area (Å²) < 4.78 is 0. The zero-order valence-corrected chi connectivity index (χ0v) is 11.6. The van der Waals surface area contributed by atoms with Crippen molar-refractivity contribution in [3.05, 3.63) is 35.4 Å². The van der Waals surface area contributed by atoms with E-state index in [9.17, 15) is 0 Å². The molecule has 0 aliphatic heterocycles. The number of hydrogen-bond acceptors (Lipinski definition) is 1. The molecule has 0 heterocycles. The van der Waals surface area contributed by atoms with Crippen LogP contribution in [-0.2, 0) is 6.54 Å². The van der Waals surface area contributed by atoms with E-state index in [1.165, 1.54) is 24.0 Å². The highest BCUT2D eigenvalue weighted by Gasteiger charge is 2.36. The van der Waals surface area contributed by atoms with Crippen LogP contribution in [-0.4, -0.2) is 5.54 Å². The molecule has 0 spiro atoms. The largest absolute Gasteiger partial charge is 0.307 e. The number of benzene rings is 1. The van der Waals surface area contributed by atoms with E-state index in [-0.39, 0.29) is 0 Å². The van der Waals surface area contributed by atoms with Crippen molar-refractivity contribution in [3.8, 4) is 0 Å². The average molecular weight is 231 g/mol. The van der Waals surface area contributed by atoms with Crippen LogP contribution in [0.5, 0.6) is 0 Å². The van der Waals surface area contributed by atoms with Crippen molar-refractivity contribution in [1.82, 2.24) is 5.32 Å². The van der Waals surface area contributed by atoms with Crippen LogP contribution >= 0.6 is 0 Å². The predicted molar refractivity (Wildman–Crippen MR) is 74.2 cm³/mol. The molecule has 1 saturated carbocycles. The molecule has 0 bridgehead atoms. The lowest BCUT2D eigenvalue weighted by Gasteiger charge is -2.26. The molecule has 0 atom stereocenters. The third-order valence-electron chi connectivity index (χ3n) is 3.99. The summed E-state index contributed by atoms with van der Waals surface area (Å²) in [6, 6.07) is 9.02. The molecule has 17 heavy (non-hydrogen) atoms. The van der Waals surface area contributed by atoms with E-state index in [1.54, 1.807) is 0 Å². The minimum absolute atomic E-state index is 0.302. The lowest BCUT2D eigenvalue weighted by Crippen LogP contribution is -2.40. The van der Waals surface area contributed by atoms with Gasteiger partial charge in [0.25, 0.3) is 0 Å². The van der Waals surface area contributed by atoms with Gasteiger partial charge in [-0.3, -0.25) is 0 Å². The van der Waals surface area contributed by atoms with Crippen LogP contribution in [0, 0.1) is 5.92 Å². The van der Waals surface area contributed by atoms with E-state index in [0.717, 1.165) is 12.5 Å². The molecule has 0 aromatic heterocycles. The Kier molecular flexibility index (Phi) is 3.58. The van der Waals surface area contributed by atoms with Crippen LogP contribution in [0.4, 0.5) is 0 Å². The molecule has 0 unspecified atom stereocenters. The van der Waals surface area contributed by atoms with Gasteiger partial charge < -0.3 is 5.32 Å². The first-order valence-electron chi connectivity index (χ1n) is 6.83. The highest BCUT2D eigenvalue weighted by atomic mass is 15.0. The van der Waals surface area contributed by atoms with Crippen molar-refractivity contribution in [1.29, 1.82) is 0 Å². The lowest BCUT2D eigenvalue weighted by molar-refractivity contribution is 0.339. The zero-order chi connectivity index (χ0) is 12.5. The molecule has 0 saturated heterocycles. The van der Waals surface area contributed by atoms with Crippen LogP contribution < -0.4 is 5.32 Å². The van der Waals surface area contributed by atoms with Crippen molar-refractivity contribution in [3.63, 3.8) is 0 Å². The first-order chi connectivity index (χ1) is 7.99. The fourth-order valence-electron chi connectivity index (χ4n) is 2.30. The van der Waals surface area contributed by atoms with Gasteiger partial charge in [0.05, 0.1) is 0 Å². The van der Waals surface area contributed by atoms with E-state index in [4.69, 9.17) is 0 Å². The Morgan fingerprint density at radius 2 is 1.76 bits per heavy atom. The molecule has 2 rings (SSSR count). The number of hydrogen-bond donors (Lipinski definition) is 1. The van der Waals surface area contributed by atoms with Crippen molar-refractivity contribution in [2.24, 2.45) is 5.92 Å². The standard InChI is InChI=1S/C16H25N/c1-12(2)14-7-5-13(6-8-14)11-17-16(3,4)15-9-10-15/h5-8,12,15,17H,9-11H2,1-4H3. The van der Waals surface area contributed by atoms with Crippen LogP contribution in [0.2, 0.25) is 0 Å². The minimum atomic E-state index is 0.302. The van der Waals surface area contributed by atoms with Crippen molar-refractivity contribution in [2.45, 2.75) is 58.5 Å². The molecule has 1 N–H and O–H groups in total.